The number of nitrogens with zero attached hydrogens (tertiary/aromatic N) is 3. The maximum atomic E-state index is 13.1. The van der Waals surface area contributed by atoms with E-state index in [2.05, 4.69) is 12.0 Å². The van der Waals surface area contributed by atoms with Crippen molar-refractivity contribution in [3.8, 4) is 0 Å². The summed E-state index contributed by atoms with van der Waals surface area (Å²) in [6.07, 6.45) is 2.47. The molecule has 0 aliphatic carbocycles. The second-order valence-corrected chi connectivity index (χ2v) is 6.70. The molecule has 0 radical (unpaired) electrons. The quantitative estimate of drug-likeness (QED) is 0.788. The van der Waals surface area contributed by atoms with E-state index < -0.39 is 12.0 Å². The standard InChI is InChI=1S/C19H25N3O3/c1-3-25-19(24)16-12-17(18(23)21-11-7-8-14(2)13-21)22(20-16)15-9-5-4-6-10-15/h4-6,9-10,14,17H,3,7-8,11-13H2,1-2H3/t14-,17+/m0/s1. The zero-order valence-corrected chi connectivity index (χ0v) is 14.9. The minimum absolute atomic E-state index is 0.0402. The Morgan fingerprint density at radius 2 is 2.04 bits per heavy atom. The van der Waals surface area contributed by atoms with Crippen LogP contribution in [0.4, 0.5) is 5.69 Å². The molecule has 3 rings (SSSR count). The van der Waals surface area contributed by atoms with Gasteiger partial charge in [-0.1, -0.05) is 25.1 Å². The van der Waals surface area contributed by atoms with Crippen molar-refractivity contribution in [2.24, 2.45) is 11.0 Å². The van der Waals surface area contributed by atoms with Gasteiger partial charge in [-0.3, -0.25) is 9.80 Å². The number of rotatable bonds is 4. The fourth-order valence-corrected chi connectivity index (χ4v) is 3.46. The van der Waals surface area contributed by atoms with E-state index in [4.69, 9.17) is 4.74 Å². The molecular formula is C19H25N3O3. The summed E-state index contributed by atoms with van der Waals surface area (Å²) in [5.74, 6) is 0.110. The molecule has 2 atom stereocenters. The third-order valence-corrected chi connectivity index (χ3v) is 4.70. The molecule has 1 fully saturated rings. The molecule has 6 heteroatoms. The third-order valence-electron chi connectivity index (χ3n) is 4.70. The lowest BCUT2D eigenvalue weighted by atomic mass is 9.99. The van der Waals surface area contributed by atoms with E-state index in [1.165, 1.54) is 0 Å². The first-order valence-electron chi connectivity index (χ1n) is 8.97. The Morgan fingerprint density at radius 1 is 1.28 bits per heavy atom. The lowest BCUT2D eigenvalue weighted by Gasteiger charge is -2.34. The number of anilines is 1. The number of benzene rings is 1. The van der Waals surface area contributed by atoms with Crippen LogP contribution in [0.2, 0.25) is 0 Å². The van der Waals surface area contributed by atoms with Crippen molar-refractivity contribution in [3.63, 3.8) is 0 Å². The number of carbonyl (C=O) groups excluding carboxylic acids is 2. The van der Waals surface area contributed by atoms with Crippen molar-refractivity contribution in [3.05, 3.63) is 30.3 Å². The van der Waals surface area contributed by atoms with Gasteiger partial charge in [0, 0.05) is 19.5 Å². The normalized spacial score (nSPS) is 23.4. The maximum Gasteiger partial charge on any atom is 0.354 e. The highest BCUT2D eigenvalue weighted by molar-refractivity contribution is 6.38. The van der Waals surface area contributed by atoms with Crippen molar-refractivity contribution >= 4 is 23.3 Å². The van der Waals surface area contributed by atoms with Gasteiger partial charge in [0.05, 0.1) is 12.3 Å². The molecule has 0 spiro atoms. The van der Waals surface area contributed by atoms with Crippen LogP contribution in [0.5, 0.6) is 0 Å². The predicted molar refractivity (Wildman–Crippen MR) is 96.4 cm³/mol. The number of ether oxygens (including phenoxy) is 1. The molecule has 2 aliphatic rings. The first-order valence-corrected chi connectivity index (χ1v) is 8.97. The lowest BCUT2D eigenvalue weighted by molar-refractivity contribution is -0.135. The Bertz CT molecular complexity index is 659. The predicted octanol–water partition coefficient (Wildman–Crippen LogP) is 2.44. The van der Waals surface area contributed by atoms with Gasteiger partial charge in [0.25, 0.3) is 0 Å². The van der Waals surface area contributed by atoms with Crippen LogP contribution in [0.25, 0.3) is 0 Å². The Labute approximate surface area is 148 Å². The summed E-state index contributed by atoms with van der Waals surface area (Å²) in [5.41, 5.74) is 1.12. The van der Waals surface area contributed by atoms with E-state index in [1.54, 1.807) is 11.9 Å². The van der Waals surface area contributed by atoms with E-state index in [0.717, 1.165) is 31.6 Å². The SMILES string of the molecule is CCOC(=O)C1=NN(c2ccccc2)[C@@H](C(=O)N2CCC[C@H](C)C2)C1. The second kappa shape index (κ2) is 7.68. The molecule has 0 saturated carbocycles. The van der Waals surface area contributed by atoms with Gasteiger partial charge < -0.3 is 9.64 Å². The first kappa shape index (κ1) is 17.5. The molecule has 25 heavy (non-hydrogen) atoms. The monoisotopic (exact) mass is 343 g/mol. The summed E-state index contributed by atoms with van der Waals surface area (Å²) in [6, 6.07) is 9.04. The van der Waals surface area contributed by atoms with Crippen LogP contribution >= 0.6 is 0 Å². The second-order valence-electron chi connectivity index (χ2n) is 6.70. The van der Waals surface area contributed by atoms with Gasteiger partial charge in [-0.2, -0.15) is 5.10 Å². The molecule has 1 aromatic rings. The Hall–Kier alpha value is -2.37. The van der Waals surface area contributed by atoms with Gasteiger partial charge in [0.1, 0.15) is 11.8 Å². The van der Waals surface area contributed by atoms with E-state index in [-0.39, 0.29) is 12.3 Å². The highest BCUT2D eigenvalue weighted by atomic mass is 16.5. The van der Waals surface area contributed by atoms with E-state index >= 15 is 0 Å². The molecule has 134 valence electrons. The summed E-state index contributed by atoms with van der Waals surface area (Å²) in [5, 5.41) is 6.10. The Kier molecular flexibility index (Phi) is 5.36. The van der Waals surface area contributed by atoms with Crippen LogP contribution < -0.4 is 5.01 Å². The van der Waals surface area contributed by atoms with Crippen molar-refractivity contribution in [2.75, 3.05) is 24.7 Å². The summed E-state index contributed by atoms with van der Waals surface area (Å²) in [7, 11) is 0. The zero-order chi connectivity index (χ0) is 17.8. The molecular weight excluding hydrogens is 318 g/mol. The number of esters is 1. The largest absolute Gasteiger partial charge is 0.461 e. The van der Waals surface area contributed by atoms with Gasteiger partial charge in [0.2, 0.25) is 5.91 Å². The van der Waals surface area contributed by atoms with Gasteiger partial charge >= 0.3 is 5.97 Å². The number of para-hydroxylation sites is 1. The van der Waals surface area contributed by atoms with Crippen LogP contribution in [-0.2, 0) is 14.3 Å². The van der Waals surface area contributed by atoms with Gasteiger partial charge in [-0.15, -0.1) is 0 Å². The minimum atomic E-state index is -0.480. The maximum absolute atomic E-state index is 13.1. The van der Waals surface area contributed by atoms with Crippen LogP contribution in [-0.4, -0.2) is 48.2 Å². The fraction of sp³-hybridized carbons (Fsp3) is 0.526. The number of likely N-dealkylation sites (tertiary alicyclic amines) is 1. The number of carbonyl (C=O) groups is 2. The van der Waals surface area contributed by atoms with E-state index in [1.807, 2.05) is 35.2 Å². The first-order chi connectivity index (χ1) is 12.1. The zero-order valence-electron chi connectivity index (χ0n) is 14.9. The summed E-state index contributed by atoms with van der Waals surface area (Å²) >= 11 is 0. The smallest absolute Gasteiger partial charge is 0.354 e. The average Bonchev–Trinajstić information content (AvgIpc) is 3.07. The molecule has 0 bridgehead atoms. The molecule has 2 aliphatic heterocycles. The van der Waals surface area contributed by atoms with Crippen molar-refractivity contribution in [1.29, 1.82) is 0 Å². The number of hydrazone groups is 1. The topological polar surface area (TPSA) is 62.2 Å². The number of hydrogen-bond donors (Lipinski definition) is 0. The van der Waals surface area contributed by atoms with Crippen LogP contribution in [0.1, 0.15) is 33.1 Å². The van der Waals surface area contributed by atoms with E-state index in [9.17, 15) is 9.59 Å². The molecule has 1 amide bonds. The van der Waals surface area contributed by atoms with Crippen LogP contribution in [0, 0.1) is 5.92 Å². The number of hydrogen-bond acceptors (Lipinski definition) is 5. The summed E-state index contributed by atoms with van der Waals surface area (Å²) < 4.78 is 5.08. The summed E-state index contributed by atoms with van der Waals surface area (Å²) in [6.45, 7) is 5.78. The Balaban J connectivity index is 1.83. The van der Waals surface area contributed by atoms with E-state index in [0.29, 0.717) is 18.2 Å². The molecule has 0 N–H and O–H groups in total. The molecule has 6 nitrogen and oxygen atoms in total. The minimum Gasteiger partial charge on any atom is -0.461 e. The third kappa shape index (κ3) is 3.83. The van der Waals surface area contributed by atoms with Crippen molar-refractivity contribution < 1.29 is 14.3 Å². The molecule has 1 saturated heterocycles. The van der Waals surface area contributed by atoms with Gasteiger partial charge in [-0.25, -0.2) is 4.79 Å². The molecule has 1 aromatic carbocycles. The van der Waals surface area contributed by atoms with Crippen LogP contribution in [0.3, 0.4) is 0 Å². The summed E-state index contributed by atoms with van der Waals surface area (Å²) in [4.78, 5) is 27.1. The van der Waals surface area contributed by atoms with Crippen molar-refractivity contribution in [2.45, 2.75) is 39.2 Å². The average molecular weight is 343 g/mol. The molecule has 2 heterocycles. The van der Waals surface area contributed by atoms with Gasteiger partial charge in [-0.05, 0) is 37.8 Å². The number of piperidine rings is 1. The number of amides is 1. The van der Waals surface area contributed by atoms with Crippen molar-refractivity contribution in [1.82, 2.24) is 4.90 Å². The molecule has 0 unspecified atom stereocenters. The molecule has 0 aromatic heterocycles. The fourth-order valence-electron chi connectivity index (χ4n) is 3.46. The lowest BCUT2D eigenvalue weighted by Crippen LogP contribution is -2.48. The van der Waals surface area contributed by atoms with Gasteiger partial charge in [0.15, 0.2) is 0 Å². The van der Waals surface area contributed by atoms with Crippen LogP contribution in [0.15, 0.2) is 35.4 Å². The Morgan fingerprint density at radius 3 is 2.72 bits per heavy atom. The highest BCUT2D eigenvalue weighted by Gasteiger charge is 2.39. The highest BCUT2D eigenvalue weighted by Crippen LogP contribution is 2.27.